The minimum atomic E-state index is 0.143. The molecule has 100 valence electrons. The van der Waals surface area contributed by atoms with Crippen molar-refractivity contribution in [2.24, 2.45) is 0 Å². The maximum absolute atomic E-state index is 3.55. The molecule has 2 nitrogen and oxygen atoms in total. The van der Waals surface area contributed by atoms with Gasteiger partial charge in [0.05, 0.1) is 6.04 Å². The first-order chi connectivity index (χ1) is 9.84. The minimum absolute atomic E-state index is 0.143. The van der Waals surface area contributed by atoms with Crippen molar-refractivity contribution in [2.45, 2.75) is 13.0 Å². The quantitative estimate of drug-likeness (QED) is 0.748. The third kappa shape index (κ3) is 2.59. The van der Waals surface area contributed by atoms with E-state index >= 15 is 0 Å². The van der Waals surface area contributed by atoms with Gasteiger partial charge in [-0.05, 0) is 35.7 Å². The summed E-state index contributed by atoms with van der Waals surface area (Å²) in [6.07, 6.45) is 4.04. The van der Waals surface area contributed by atoms with Gasteiger partial charge in [0.1, 0.15) is 0 Å². The first-order valence-electron chi connectivity index (χ1n) is 6.84. The highest BCUT2D eigenvalue weighted by atomic mass is 15.4. The summed E-state index contributed by atoms with van der Waals surface area (Å²) in [6, 6.07) is 23.2. The summed E-state index contributed by atoms with van der Waals surface area (Å²) in [7, 11) is 0. The molecule has 0 saturated heterocycles. The average Bonchev–Trinajstić information content (AvgIpc) is 3.00. The normalized spacial score (nSPS) is 12.1. The molecule has 0 aliphatic carbocycles. The van der Waals surface area contributed by atoms with Gasteiger partial charge in [-0.2, -0.15) is 0 Å². The second-order valence-electron chi connectivity index (χ2n) is 4.92. The van der Waals surface area contributed by atoms with Gasteiger partial charge in [-0.15, -0.1) is 0 Å². The number of rotatable bonds is 4. The molecule has 1 aromatic heterocycles. The molecule has 0 bridgehead atoms. The van der Waals surface area contributed by atoms with E-state index in [9.17, 15) is 0 Å². The highest BCUT2D eigenvalue weighted by molar-refractivity contribution is 5.38. The number of aryl methyl sites for hydroxylation is 1. The Morgan fingerprint density at radius 3 is 2.15 bits per heavy atom. The van der Waals surface area contributed by atoms with Gasteiger partial charge in [0, 0.05) is 12.4 Å². The number of hydrogen-bond acceptors (Lipinski definition) is 1. The van der Waals surface area contributed by atoms with Crippen molar-refractivity contribution in [3.05, 3.63) is 95.8 Å². The molecule has 0 aliphatic rings. The molecule has 0 radical (unpaired) electrons. The van der Waals surface area contributed by atoms with Gasteiger partial charge in [0.2, 0.25) is 0 Å². The van der Waals surface area contributed by atoms with E-state index in [0.717, 1.165) is 0 Å². The molecule has 20 heavy (non-hydrogen) atoms. The molecular formula is C18H18N2. The molecule has 3 rings (SSSR count). The van der Waals surface area contributed by atoms with Crippen LogP contribution in [0, 0.1) is 6.92 Å². The third-order valence-electron chi connectivity index (χ3n) is 3.51. The molecule has 2 heteroatoms. The molecular weight excluding hydrogens is 244 g/mol. The topological polar surface area (TPSA) is 17.0 Å². The Kier molecular flexibility index (Phi) is 3.55. The monoisotopic (exact) mass is 262 g/mol. The Morgan fingerprint density at radius 2 is 1.45 bits per heavy atom. The van der Waals surface area contributed by atoms with Gasteiger partial charge in [0.25, 0.3) is 0 Å². The summed E-state index contributed by atoms with van der Waals surface area (Å²) in [5.74, 6) is 0. The minimum Gasteiger partial charge on any atom is -0.314 e. The van der Waals surface area contributed by atoms with E-state index in [1.165, 1.54) is 16.7 Å². The molecule has 1 unspecified atom stereocenters. The van der Waals surface area contributed by atoms with Crippen LogP contribution in [0.5, 0.6) is 0 Å². The van der Waals surface area contributed by atoms with Crippen molar-refractivity contribution in [3.63, 3.8) is 0 Å². The molecule has 1 atom stereocenters. The van der Waals surface area contributed by atoms with E-state index in [1.807, 2.05) is 35.3 Å². The molecule has 1 heterocycles. The van der Waals surface area contributed by atoms with E-state index in [1.54, 1.807) is 0 Å². The molecule has 0 spiro atoms. The number of nitrogens with zero attached hydrogens (tertiary/aromatic N) is 1. The summed E-state index contributed by atoms with van der Waals surface area (Å²) in [4.78, 5) is 0. The summed E-state index contributed by atoms with van der Waals surface area (Å²) < 4.78 is 2.00. The zero-order chi connectivity index (χ0) is 13.8. The number of nitrogens with one attached hydrogen (secondary N) is 1. The van der Waals surface area contributed by atoms with Crippen LogP contribution in [0.2, 0.25) is 0 Å². The molecule has 0 fully saturated rings. The smallest absolute Gasteiger partial charge is 0.0926 e. The second kappa shape index (κ2) is 5.66. The van der Waals surface area contributed by atoms with Crippen LogP contribution in [0.25, 0.3) is 0 Å². The summed E-state index contributed by atoms with van der Waals surface area (Å²) in [6.45, 7) is 2.16. The van der Waals surface area contributed by atoms with Crippen molar-refractivity contribution in [1.82, 2.24) is 4.68 Å². The standard InChI is InChI=1S/C18H18N2/c1-15-9-5-6-12-17(15)18(16-10-3-2-4-11-16)19-20-13-7-8-14-20/h2-14,18-19H,1H3. The van der Waals surface area contributed by atoms with E-state index < -0.39 is 0 Å². The summed E-state index contributed by atoms with van der Waals surface area (Å²) in [5.41, 5.74) is 7.40. The number of benzene rings is 2. The average molecular weight is 262 g/mol. The SMILES string of the molecule is Cc1ccccc1C(Nn1cccc1)c1ccccc1. The third-order valence-corrected chi connectivity index (χ3v) is 3.51. The van der Waals surface area contributed by atoms with Crippen molar-refractivity contribution in [2.75, 3.05) is 5.43 Å². The first-order valence-corrected chi connectivity index (χ1v) is 6.84. The Morgan fingerprint density at radius 1 is 0.800 bits per heavy atom. The fourth-order valence-electron chi connectivity index (χ4n) is 2.45. The van der Waals surface area contributed by atoms with Crippen LogP contribution in [0.4, 0.5) is 0 Å². The van der Waals surface area contributed by atoms with Crippen LogP contribution in [0.1, 0.15) is 22.7 Å². The summed E-state index contributed by atoms with van der Waals surface area (Å²) >= 11 is 0. The van der Waals surface area contributed by atoms with Gasteiger partial charge < -0.3 is 5.43 Å². The van der Waals surface area contributed by atoms with E-state index in [-0.39, 0.29) is 6.04 Å². The van der Waals surface area contributed by atoms with Crippen molar-refractivity contribution in [1.29, 1.82) is 0 Å². The Labute approximate surface area is 119 Å². The van der Waals surface area contributed by atoms with Crippen molar-refractivity contribution >= 4 is 0 Å². The van der Waals surface area contributed by atoms with Gasteiger partial charge in [0.15, 0.2) is 0 Å². The lowest BCUT2D eigenvalue weighted by Crippen LogP contribution is -2.21. The highest BCUT2D eigenvalue weighted by Gasteiger charge is 2.15. The lowest BCUT2D eigenvalue weighted by Gasteiger charge is -2.23. The fourth-order valence-corrected chi connectivity index (χ4v) is 2.45. The number of hydrogen-bond donors (Lipinski definition) is 1. The zero-order valence-corrected chi connectivity index (χ0v) is 11.5. The molecule has 2 aromatic carbocycles. The highest BCUT2D eigenvalue weighted by Crippen LogP contribution is 2.25. The van der Waals surface area contributed by atoms with E-state index in [0.29, 0.717) is 0 Å². The lowest BCUT2D eigenvalue weighted by atomic mass is 9.96. The second-order valence-corrected chi connectivity index (χ2v) is 4.92. The van der Waals surface area contributed by atoms with Crippen LogP contribution >= 0.6 is 0 Å². The van der Waals surface area contributed by atoms with Crippen LogP contribution in [-0.4, -0.2) is 4.68 Å². The molecule has 0 amide bonds. The zero-order valence-electron chi connectivity index (χ0n) is 11.5. The molecule has 0 aliphatic heterocycles. The fraction of sp³-hybridized carbons (Fsp3) is 0.111. The largest absolute Gasteiger partial charge is 0.314 e. The van der Waals surface area contributed by atoms with Crippen molar-refractivity contribution < 1.29 is 0 Å². The van der Waals surface area contributed by atoms with Gasteiger partial charge >= 0.3 is 0 Å². The lowest BCUT2D eigenvalue weighted by molar-refractivity contribution is 0.756. The molecule has 0 saturated carbocycles. The maximum atomic E-state index is 3.55. The first kappa shape index (κ1) is 12.5. The maximum Gasteiger partial charge on any atom is 0.0926 e. The molecule has 3 aromatic rings. The van der Waals surface area contributed by atoms with Crippen molar-refractivity contribution in [3.8, 4) is 0 Å². The molecule has 1 N–H and O–H groups in total. The van der Waals surface area contributed by atoms with Crippen LogP contribution in [0.3, 0.4) is 0 Å². The Hall–Kier alpha value is -2.48. The Bertz CT molecular complexity index is 657. The van der Waals surface area contributed by atoms with E-state index in [2.05, 4.69) is 60.9 Å². The van der Waals surface area contributed by atoms with Gasteiger partial charge in [-0.3, -0.25) is 4.68 Å². The predicted octanol–water partition coefficient (Wildman–Crippen LogP) is 4.13. The van der Waals surface area contributed by atoms with Crippen LogP contribution < -0.4 is 5.43 Å². The van der Waals surface area contributed by atoms with Gasteiger partial charge in [-0.25, -0.2) is 0 Å². The Balaban J connectivity index is 2.02. The predicted molar refractivity (Wildman–Crippen MR) is 83.3 cm³/mol. The van der Waals surface area contributed by atoms with E-state index in [4.69, 9.17) is 0 Å². The van der Waals surface area contributed by atoms with Crippen LogP contribution in [-0.2, 0) is 0 Å². The summed E-state index contributed by atoms with van der Waals surface area (Å²) in [5, 5.41) is 0. The van der Waals surface area contributed by atoms with Crippen LogP contribution in [0.15, 0.2) is 79.1 Å². The number of aromatic nitrogens is 1. The van der Waals surface area contributed by atoms with Gasteiger partial charge in [-0.1, -0.05) is 54.6 Å².